The number of anilines is 1. The lowest BCUT2D eigenvalue weighted by Crippen LogP contribution is -2.35. The number of nitrogens with zero attached hydrogens (tertiary/aromatic N) is 4. The smallest absolute Gasteiger partial charge is 0.249 e. The summed E-state index contributed by atoms with van der Waals surface area (Å²) in [5, 5.41) is 15.8. The van der Waals surface area contributed by atoms with Crippen molar-refractivity contribution in [2.24, 2.45) is 5.92 Å². The van der Waals surface area contributed by atoms with Crippen LogP contribution in [0.25, 0.3) is 0 Å². The highest BCUT2D eigenvalue weighted by Gasteiger charge is 2.31. The first-order valence-corrected chi connectivity index (χ1v) is 10.3. The Morgan fingerprint density at radius 2 is 2.00 bits per heavy atom. The van der Waals surface area contributed by atoms with Crippen molar-refractivity contribution in [1.82, 2.24) is 15.5 Å². The first-order chi connectivity index (χ1) is 14.5. The number of nitrogens with one attached hydrogen (secondary N) is 1. The molecule has 2 amide bonds. The third-order valence-corrected chi connectivity index (χ3v) is 5.03. The molecule has 0 aliphatic heterocycles. The van der Waals surface area contributed by atoms with Gasteiger partial charge in [0.05, 0.1) is 12.5 Å². The van der Waals surface area contributed by atoms with Gasteiger partial charge in [-0.2, -0.15) is 10.2 Å². The van der Waals surface area contributed by atoms with Crippen molar-refractivity contribution in [3.8, 4) is 6.07 Å². The Morgan fingerprint density at radius 1 is 1.27 bits per heavy atom. The molecule has 1 aromatic heterocycles. The van der Waals surface area contributed by atoms with Gasteiger partial charge in [0.2, 0.25) is 17.7 Å². The van der Waals surface area contributed by atoms with Gasteiger partial charge in [-0.15, -0.1) is 0 Å². The van der Waals surface area contributed by atoms with Crippen molar-refractivity contribution in [3.05, 3.63) is 42.0 Å². The number of rotatable bonds is 10. The molecule has 0 radical (unpaired) electrons. The van der Waals surface area contributed by atoms with Crippen LogP contribution >= 0.6 is 0 Å². The topological polar surface area (TPSA) is 112 Å². The maximum atomic E-state index is 12.7. The predicted molar refractivity (Wildman–Crippen MR) is 110 cm³/mol. The van der Waals surface area contributed by atoms with E-state index < -0.39 is 6.04 Å². The number of hydrogen-bond acceptors (Lipinski definition) is 6. The average Bonchev–Trinajstić information content (AvgIpc) is 3.48. The van der Waals surface area contributed by atoms with Crippen LogP contribution in [0.4, 0.5) is 5.69 Å². The highest BCUT2D eigenvalue weighted by molar-refractivity contribution is 5.95. The first-order valence-electron chi connectivity index (χ1n) is 10.3. The quantitative estimate of drug-likeness (QED) is 0.643. The SMILES string of the molecule is CC(C)C(NC(=O)CCC(=O)N(CCC#N)c1ccccc1)c1nc(C2CC2)no1. The van der Waals surface area contributed by atoms with Gasteiger partial charge in [0.1, 0.15) is 6.04 Å². The largest absolute Gasteiger partial charge is 0.344 e. The summed E-state index contributed by atoms with van der Waals surface area (Å²) in [6.07, 6.45) is 2.46. The fourth-order valence-corrected chi connectivity index (χ4v) is 3.16. The molecule has 8 heteroatoms. The summed E-state index contributed by atoms with van der Waals surface area (Å²) in [5.41, 5.74) is 0.719. The van der Waals surface area contributed by atoms with E-state index in [1.54, 1.807) is 4.90 Å². The maximum Gasteiger partial charge on any atom is 0.249 e. The Hall–Kier alpha value is -3.21. The molecule has 1 saturated carbocycles. The van der Waals surface area contributed by atoms with Crippen molar-refractivity contribution >= 4 is 17.5 Å². The van der Waals surface area contributed by atoms with E-state index >= 15 is 0 Å². The van der Waals surface area contributed by atoms with Crippen LogP contribution in [0.2, 0.25) is 0 Å². The predicted octanol–water partition coefficient (Wildman–Crippen LogP) is 3.49. The van der Waals surface area contributed by atoms with Crippen LogP contribution in [-0.2, 0) is 9.59 Å². The monoisotopic (exact) mass is 409 g/mol. The van der Waals surface area contributed by atoms with Crippen molar-refractivity contribution in [3.63, 3.8) is 0 Å². The number of carbonyl (C=O) groups excluding carboxylic acids is 2. The second-order valence-corrected chi connectivity index (χ2v) is 7.84. The Kier molecular flexibility index (Phi) is 7.17. The maximum absolute atomic E-state index is 12.7. The second-order valence-electron chi connectivity index (χ2n) is 7.84. The van der Waals surface area contributed by atoms with E-state index in [2.05, 4.69) is 21.5 Å². The highest BCUT2D eigenvalue weighted by Crippen LogP contribution is 2.38. The zero-order chi connectivity index (χ0) is 21.5. The summed E-state index contributed by atoms with van der Waals surface area (Å²) in [7, 11) is 0. The third-order valence-electron chi connectivity index (χ3n) is 5.03. The number of benzene rings is 1. The van der Waals surface area contributed by atoms with Crippen molar-refractivity contribution in [1.29, 1.82) is 5.26 Å². The molecule has 1 aliphatic carbocycles. The highest BCUT2D eigenvalue weighted by atomic mass is 16.5. The Balaban J connectivity index is 1.58. The van der Waals surface area contributed by atoms with Crippen LogP contribution in [0.15, 0.2) is 34.9 Å². The molecule has 3 rings (SSSR count). The average molecular weight is 409 g/mol. The molecule has 2 aromatic rings. The van der Waals surface area contributed by atoms with E-state index in [1.165, 1.54) is 0 Å². The lowest BCUT2D eigenvalue weighted by atomic mass is 10.0. The zero-order valence-corrected chi connectivity index (χ0v) is 17.4. The molecule has 1 unspecified atom stereocenters. The first kappa shape index (κ1) is 21.5. The number of hydrogen-bond donors (Lipinski definition) is 1. The molecule has 1 N–H and O–H groups in total. The molecule has 158 valence electrons. The Bertz CT molecular complexity index is 899. The van der Waals surface area contributed by atoms with E-state index in [4.69, 9.17) is 9.78 Å². The van der Waals surface area contributed by atoms with Gasteiger partial charge >= 0.3 is 0 Å². The van der Waals surface area contributed by atoms with Crippen LogP contribution in [0.1, 0.15) is 69.6 Å². The van der Waals surface area contributed by atoms with Gasteiger partial charge < -0.3 is 14.7 Å². The normalized spacial score (nSPS) is 14.2. The molecule has 30 heavy (non-hydrogen) atoms. The van der Waals surface area contributed by atoms with Crippen molar-refractivity contribution in [2.75, 3.05) is 11.4 Å². The van der Waals surface area contributed by atoms with Gasteiger partial charge in [-0.3, -0.25) is 9.59 Å². The van der Waals surface area contributed by atoms with Gasteiger partial charge in [-0.1, -0.05) is 37.2 Å². The zero-order valence-electron chi connectivity index (χ0n) is 17.4. The molecular weight excluding hydrogens is 382 g/mol. The van der Waals surface area contributed by atoms with Crippen LogP contribution in [0.3, 0.4) is 0 Å². The number of aromatic nitrogens is 2. The Labute approximate surface area is 176 Å². The molecule has 0 spiro atoms. The molecule has 8 nitrogen and oxygen atoms in total. The fourth-order valence-electron chi connectivity index (χ4n) is 3.16. The van der Waals surface area contributed by atoms with Gasteiger partial charge in [0.15, 0.2) is 5.82 Å². The van der Waals surface area contributed by atoms with Crippen LogP contribution < -0.4 is 10.2 Å². The number of carbonyl (C=O) groups is 2. The summed E-state index contributed by atoms with van der Waals surface area (Å²) in [4.78, 5) is 31.3. The van der Waals surface area contributed by atoms with Gasteiger partial charge in [0, 0.05) is 31.0 Å². The molecule has 1 aliphatic rings. The number of amides is 2. The van der Waals surface area contributed by atoms with E-state index in [0.717, 1.165) is 18.5 Å². The fraction of sp³-hybridized carbons (Fsp3) is 0.500. The van der Waals surface area contributed by atoms with E-state index in [1.807, 2.05) is 44.2 Å². The lowest BCUT2D eigenvalue weighted by molar-refractivity contribution is -0.126. The molecule has 1 heterocycles. The summed E-state index contributed by atoms with van der Waals surface area (Å²) < 4.78 is 5.37. The second kappa shape index (κ2) is 10.0. The van der Waals surface area contributed by atoms with Gasteiger partial charge in [0.25, 0.3) is 0 Å². The van der Waals surface area contributed by atoms with E-state index in [0.29, 0.717) is 24.2 Å². The van der Waals surface area contributed by atoms with Crippen molar-refractivity contribution in [2.45, 2.75) is 57.9 Å². The summed E-state index contributed by atoms with van der Waals surface area (Å²) in [6.45, 7) is 4.23. The molecule has 0 saturated heterocycles. The summed E-state index contributed by atoms with van der Waals surface area (Å²) >= 11 is 0. The van der Waals surface area contributed by atoms with E-state index in [-0.39, 0.29) is 37.0 Å². The number of para-hydroxylation sites is 1. The standard InChI is InChI=1S/C22H27N5O3/c1-15(2)20(22-25-21(26-30-22)16-9-10-16)24-18(28)11-12-19(29)27(14-6-13-23)17-7-4-3-5-8-17/h3-5,7-8,15-16,20H,6,9-12,14H2,1-2H3,(H,24,28). The van der Waals surface area contributed by atoms with Crippen LogP contribution in [-0.4, -0.2) is 28.5 Å². The minimum atomic E-state index is -0.392. The van der Waals surface area contributed by atoms with Gasteiger partial charge in [-0.05, 0) is 30.9 Å². The lowest BCUT2D eigenvalue weighted by Gasteiger charge is -2.22. The number of nitriles is 1. The summed E-state index contributed by atoms with van der Waals surface area (Å²) in [6, 6.07) is 10.8. The Morgan fingerprint density at radius 3 is 2.63 bits per heavy atom. The van der Waals surface area contributed by atoms with Crippen molar-refractivity contribution < 1.29 is 14.1 Å². The van der Waals surface area contributed by atoms with E-state index in [9.17, 15) is 9.59 Å². The molecule has 1 aromatic carbocycles. The summed E-state index contributed by atoms with van der Waals surface area (Å²) in [5.74, 6) is 1.11. The minimum absolute atomic E-state index is 0.0432. The molecule has 1 fully saturated rings. The molecular formula is C22H27N5O3. The molecule has 0 bridgehead atoms. The van der Waals surface area contributed by atoms with Gasteiger partial charge in [-0.25, -0.2) is 0 Å². The third kappa shape index (κ3) is 5.66. The molecule has 1 atom stereocenters. The minimum Gasteiger partial charge on any atom is -0.344 e. The van der Waals surface area contributed by atoms with Crippen LogP contribution in [0.5, 0.6) is 0 Å². The van der Waals surface area contributed by atoms with Crippen LogP contribution in [0, 0.1) is 17.2 Å².